The van der Waals surface area contributed by atoms with Crippen molar-refractivity contribution in [3.05, 3.63) is 53.6 Å². The first-order valence-corrected chi connectivity index (χ1v) is 6.03. The number of aryl methyl sites for hydroxylation is 1. The molecule has 5 heteroatoms. The van der Waals surface area contributed by atoms with E-state index in [2.05, 4.69) is 20.6 Å². The SMILES string of the molecule is CNc1cnccc1C(=O)NCc1cccc(C)n1. The van der Waals surface area contributed by atoms with E-state index in [-0.39, 0.29) is 5.91 Å². The molecule has 2 aromatic rings. The number of anilines is 1. The molecule has 5 nitrogen and oxygen atoms in total. The summed E-state index contributed by atoms with van der Waals surface area (Å²) in [4.78, 5) is 20.4. The Labute approximate surface area is 112 Å². The summed E-state index contributed by atoms with van der Waals surface area (Å²) >= 11 is 0. The van der Waals surface area contributed by atoms with Crippen molar-refractivity contribution in [2.75, 3.05) is 12.4 Å². The van der Waals surface area contributed by atoms with Gasteiger partial charge in [0, 0.05) is 18.9 Å². The highest BCUT2D eigenvalue weighted by Gasteiger charge is 2.10. The normalized spacial score (nSPS) is 10.0. The maximum absolute atomic E-state index is 12.1. The van der Waals surface area contributed by atoms with Crippen LogP contribution in [-0.2, 0) is 6.54 Å². The van der Waals surface area contributed by atoms with E-state index in [1.807, 2.05) is 25.1 Å². The molecule has 0 saturated heterocycles. The van der Waals surface area contributed by atoms with Crippen LogP contribution in [0.15, 0.2) is 36.7 Å². The van der Waals surface area contributed by atoms with Gasteiger partial charge in [0.05, 0.1) is 29.7 Å². The third-order valence-electron chi connectivity index (χ3n) is 2.71. The summed E-state index contributed by atoms with van der Waals surface area (Å²) < 4.78 is 0. The van der Waals surface area contributed by atoms with Crippen LogP contribution < -0.4 is 10.6 Å². The van der Waals surface area contributed by atoms with Crippen LogP contribution in [0.4, 0.5) is 5.69 Å². The van der Waals surface area contributed by atoms with Gasteiger partial charge in [-0.25, -0.2) is 0 Å². The zero-order valence-corrected chi connectivity index (χ0v) is 11.0. The lowest BCUT2D eigenvalue weighted by atomic mass is 10.2. The van der Waals surface area contributed by atoms with E-state index in [9.17, 15) is 4.79 Å². The van der Waals surface area contributed by atoms with Gasteiger partial charge in [-0.3, -0.25) is 14.8 Å². The lowest BCUT2D eigenvalue weighted by Gasteiger charge is -2.09. The highest BCUT2D eigenvalue weighted by Crippen LogP contribution is 2.12. The van der Waals surface area contributed by atoms with Crippen molar-refractivity contribution in [2.24, 2.45) is 0 Å². The Morgan fingerprint density at radius 2 is 2.16 bits per heavy atom. The standard InChI is InChI=1S/C14H16N4O/c1-10-4-3-5-11(18-10)8-17-14(19)12-6-7-16-9-13(12)15-2/h3-7,9,15H,8H2,1-2H3,(H,17,19). The largest absolute Gasteiger partial charge is 0.386 e. The molecular weight excluding hydrogens is 240 g/mol. The second kappa shape index (κ2) is 5.95. The minimum absolute atomic E-state index is 0.143. The third kappa shape index (κ3) is 3.28. The Kier molecular flexibility index (Phi) is 4.07. The summed E-state index contributed by atoms with van der Waals surface area (Å²) in [6.07, 6.45) is 3.22. The number of carbonyl (C=O) groups excluding carboxylic acids is 1. The van der Waals surface area contributed by atoms with E-state index < -0.39 is 0 Å². The molecule has 2 rings (SSSR count). The molecule has 0 bridgehead atoms. The molecule has 0 aromatic carbocycles. The molecule has 0 unspecified atom stereocenters. The van der Waals surface area contributed by atoms with Gasteiger partial charge in [-0.1, -0.05) is 6.07 Å². The van der Waals surface area contributed by atoms with Crippen LogP contribution in [-0.4, -0.2) is 22.9 Å². The van der Waals surface area contributed by atoms with Gasteiger partial charge in [-0.2, -0.15) is 0 Å². The average Bonchev–Trinajstić information content (AvgIpc) is 2.45. The Morgan fingerprint density at radius 1 is 1.32 bits per heavy atom. The average molecular weight is 256 g/mol. The lowest BCUT2D eigenvalue weighted by molar-refractivity contribution is 0.0951. The van der Waals surface area contributed by atoms with Gasteiger partial charge in [-0.15, -0.1) is 0 Å². The number of carbonyl (C=O) groups is 1. The van der Waals surface area contributed by atoms with E-state index in [1.165, 1.54) is 0 Å². The molecule has 2 heterocycles. The molecule has 0 atom stereocenters. The first-order chi connectivity index (χ1) is 9.20. The third-order valence-corrected chi connectivity index (χ3v) is 2.71. The highest BCUT2D eigenvalue weighted by molar-refractivity contribution is 5.99. The summed E-state index contributed by atoms with van der Waals surface area (Å²) in [7, 11) is 1.76. The lowest BCUT2D eigenvalue weighted by Crippen LogP contribution is -2.24. The number of hydrogen-bond acceptors (Lipinski definition) is 4. The van der Waals surface area contributed by atoms with Crippen LogP contribution in [0.5, 0.6) is 0 Å². The van der Waals surface area contributed by atoms with E-state index >= 15 is 0 Å². The first-order valence-electron chi connectivity index (χ1n) is 6.03. The molecule has 0 fully saturated rings. The van der Waals surface area contributed by atoms with Crippen molar-refractivity contribution in [1.29, 1.82) is 0 Å². The second-order valence-electron chi connectivity index (χ2n) is 4.12. The minimum atomic E-state index is -0.143. The predicted molar refractivity (Wildman–Crippen MR) is 73.9 cm³/mol. The summed E-state index contributed by atoms with van der Waals surface area (Å²) in [6, 6.07) is 7.42. The van der Waals surface area contributed by atoms with Gasteiger partial charge in [0.15, 0.2) is 0 Å². The zero-order chi connectivity index (χ0) is 13.7. The second-order valence-corrected chi connectivity index (χ2v) is 4.12. The van der Waals surface area contributed by atoms with Gasteiger partial charge >= 0.3 is 0 Å². The van der Waals surface area contributed by atoms with Gasteiger partial charge < -0.3 is 10.6 Å². The molecular formula is C14H16N4O. The number of nitrogens with zero attached hydrogens (tertiary/aromatic N) is 2. The van der Waals surface area contributed by atoms with Crippen molar-refractivity contribution in [3.8, 4) is 0 Å². The monoisotopic (exact) mass is 256 g/mol. The zero-order valence-electron chi connectivity index (χ0n) is 11.0. The maximum atomic E-state index is 12.1. The Hall–Kier alpha value is -2.43. The van der Waals surface area contributed by atoms with Crippen LogP contribution in [0.2, 0.25) is 0 Å². The molecule has 98 valence electrons. The Balaban J connectivity index is 2.05. The van der Waals surface area contributed by atoms with Crippen molar-refractivity contribution < 1.29 is 4.79 Å². The summed E-state index contributed by atoms with van der Waals surface area (Å²) in [5.41, 5.74) is 3.06. The van der Waals surface area contributed by atoms with E-state index in [4.69, 9.17) is 0 Å². The fourth-order valence-corrected chi connectivity index (χ4v) is 1.76. The molecule has 0 spiro atoms. The Bertz CT molecular complexity index is 583. The van der Waals surface area contributed by atoms with Gasteiger partial charge in [0.2, 0.25) is 0 Å². The molecule has 0 radical (unpaired) electrons. The fourth-order valence-electron chi connectivity index (χ4n) is 1.76. The number of amides is 1. The number of hydrogen-bond donors (Lipinski definition) is 2. The van der Waals surface area contributed by atoms with Crippen molar-refractivity contribution in [2.45, 2.75) is 13.5 Å². The van der Waals surface area contributed by atoms with Crippen molar-refractivity contribution in [3.63, 3.8) is 0 Å². The number of pyridine rings is 2. The Morgan fingerprint density at radius 3 is 2.89 bits per heavy atom. The number of aromatic nitrogens is 2. The van der Waals surface area contributed by atoms with Crippen LogP contribution in [0.1, 0.15) is 21.7 Å². The predicted octanol–water partition coefficient (Wildman–Crippen LogP) is 1.76. The smallest absolute Gasteiger partial charge is 0.253 e. The molecule has 1 amide bonds. The maximum Gasteiger partial charge on any atom is 0.253 e. The molecule has 2 aromatic heterocycles. The van der Waals surface area contributed by atoms with Gasteiger partial charge in [0.25, 0.3) is 5.91 Å². The quantitative estimate of drug-likeness (QED) is 0.874. The molecule has 2 N–H and O–H groups in total. The van der Waals surface area contributed by atoms with E-state index in [0.717, 1.165) is 11.4 Å². The van der Waals surface area contributed by atoms with Crippen molar-refractivity contribution >= 4 is 11.6 Å². The highest BCUT2D eigenvalue weighted by atomic mass is 16.1. The molecule has 0 saturated carbocycles. The topological polar surface area (TPSA) is 66.9 Å². The molecule has 0 aliphatic carbocycles. The van der Waals surface area contributed by atoms with E-state index in [0.29, 0.717) is 17.8 Å². The van der Waals surface area contributed by atoms with Crippen molar-refractivity contribution in [1.82, 2.24) is 15.3 Å². The molecule has 19 heavy (non-hydrogen) atoms. The molecule has 0 aliphatic heterocycles. The van der Waals surface area contributed by atoms with Crippen LogP contribution >= 0.6 is 0 Å². The first kappa shape index (κ1) is 13.0. The molecule has 0 aliphatic rings. The number of nitrogens with one attached hydrogen (secondary N) is 2. The van der Waals surface area contributed by atoms with E-state index in [1.54, 1.807) is 25.5 Å². The van der Waals surface area contributed by atoms with Gasteiger partial charge in [0.1, 0.15) is 0 Å². The van der Waals surface area contributed by atoms with Crippen LogP contribution in [0, 0.1) is 6.92 Å². The summed E-state index contributed by atoms with van der Waals surface area (Å²) in [5.74, 6) is -0.143. The number of rotatable bonds is 4. The van der Waals surface area contributed by atoms with Crippen LogP contribution in [0.3, 0.4) is 0 Å². The van der Waals surface area contributed by atoms with Crippen LogP contribution in [0.25, 0.3) is 0 Å². The summed E-state index contributed by atoms with van der Waals surface area (Å²) in [5, 5.41) is 5.79. The minimum Gasteiger partial charge on any atom is -0.386 e. The summed E-state index contributed by atoms with van der Waals surface area (Å²) in [6.45, 7) is 2.33. The van der Waals surface area contributed by atoms with Gasteiger partial charge in [-0.05, 0) is 25.1 Å². The fraction of sp³-hybridized carbons (Fsp3) is 0.214.